The maximum atomic E-state index is 6.29. The molecule has 26 heavy (non-hydrogen) atoms. The van der Waals surface area contributed by atoms with Gasteiger partial charge in [-0.2, -0.15) is 0 Å². The van der Waals surface area contributed by atoms with Crippen LogP contribution >= 0.6 is 23.2 Å². The molecule has 3 rings (SSSR count). The van der Waals surface area contributed by atoms with Crippen LogP contribution in [0.1, 0.15) is 29.2 Å². The Hall–Kier alpha value is -2.24. The number of aromatic nitrogens is 4. The SMILES string of the molecule is Cc1nc(C)c(Cl)c(CCCc2ccc(Oc3ncc(Cl)cn3)cc2)n1. The van der Waals surface area contributed by atoms with E-state index in [4.69, 9.17) is 27.9 Å². The molecule has 0 aliphatic rings. The monoisotopic (exact) mass is 388 g/mol. The van der Waals surface area contributed by atoms with Gasteiger partial charge in [0.2, 0.25) is 0 Å². The van der Waals surface area contributed by atoms with Crippen LogP contribution in [0.3, 0.4) is 0 Å². The molecular formula is C19H18Cl2N4O. The van der Waals surface area contributed by atoms with Crippen LogP contribution in [-0.4, -0.2) is 19.9 Å². The third kappa shape index (κ3) is 4.90. The molecule has 0 unspecified atom stereocenters. The summed E-state index contributed by atoms with van der Waals surface area (Å²) in [6, 6.07) is 8.14. The zero-order valence-corrected chi connectivity index (χ0v) is 16.1. The lowest BCUT2D eigenvalue weighted by atomic mass is 10.1. The van der Waals surface area contributed by atoms with Gasteiger partial charge >= 0.3 is 6.01 Å². The summed E-state index contributed by atoms with van der Waals surface area (Å²) >= 11 is 12.1. The average Bonchev–Trinajstić information content (AvgIpc) is 2.62. The highest BCUT2D eigenvalue weighted by atomic mass is 35.5. The van der Waals surface area contributed by atoms with Crippen molar-refractivity contribution in [2.45, 2.75) is 33.1 Å². The molecule has 0 amide bonds. The summed E-state index contributed by atoms with van der Waals surface area (Å²) in [7, 11) is 0. The molecule has 7 heteroatoms. The molecule has 1 aromatic carbocycles. The van der Waals surface area contributed by atoms with Crippen molar-refractivity contribution in [2.75, 3.05) is 0 Å². The summed E-state index contributed by atoms with van der Waals surface area (Å²) in [6.45, 7) is 3.79. The highest BCUT2D eigenvalue weighted by molar-refractivity contribution is 6.31. The minimum Gasteiger partial charge on any atom is -0.424 e. The van der Waals surface area contributed by atoms with Crippen molar-refractivity contribution >= 4 is 23.2 Å². The predicted octanol–water partition coefficient (Wildman–Crippen LogP) is 5.16. The Morgan fingerprint density at radius 1 is 0.923 bits per heavy atom. The second kappa shape index (κ2) is 8.43. The average molecular weight is 389 g/mol. The van der Waals surface area contributed by atoms with E-state index < -0.39 is 0 Å². The summed E-state index contributed by atoms with van der Waals surface area (Å²) in [5.74, 6) is 1.44. The first-order valence-electron chi connectivity index (χ1n) is 8.25. The fourth-order valence-electron chi connectivity index (χ4n) is 2.58. The first-order chi connectivity index (χ1) is 12.5. The first kappa shape index (κ1) is 18.5. The number of nitrogens with zero attached hydrogens (tertiary/aromatic N) is 4. The molecule has 2 heterocycles. The van der Waals surface area contributed by atoms with Gasteiger partial charge in [0.25, 0.3) is 0 Å². The second-order valence-electron chi connectivity index (χ2n) is 5.90. The van der Waals surface area contributed by atoms with Crippen LogP contribution in [0.25, 0.3) is 0 Å². The van der Waals surface area contributed by atoms with Crippen molar-refractivity contribution in [3.05, 3.63) is 69.5 Å². The van der Waals surface area contributed by atoms with E-state index in [1.807, 2.05) is 38.1 Å². The number of aryl methyl sites for hydroxylation is 4. The first-order valence-corrected chi connectivity index (χ1v) is 9.01. The molecule has 0 radical (unpaired) electrons. The zero-order chi connectivity index (χ0) is 18.5. The summed E-state index contributed by atoms with van der Waals surface area (Å²) in [5, 5.41) is 1.14. The Balaban J connectivity index is 1.55. The zero-order valence-electron chi connectivity index (χ0n) is 14.5. The third-order valence-electron chi connectivity index (χ3n) is 3.81. The van der Waals surface area contributed by atoms with E-state index in [9.17, 15) is 0 Å². The lowest BCUT2D eigenvalue weighted by Crippen LogP contribution is -2.01. The van der Waals surface area contributed by atoms with E-state index in [0.717, 1.165) is 36.5 Å². The summed E-state index contributed by atoms with van der Waals surface area (Å²) < 4.78 is 5.59. The number of rotatable bonds is 6. The van der Waals surface area contributed by atoms with Crippen LogP contribution < -0.4 is 4.74 Å². The van der Waals surface area contributed by atoms with Crippen molar-refractivity contribution in [3.63, 3.8) is 0 Å². The molecule has 0 N–H and O–H groups in total. The minimum absolute atomic E-state index is 0.270. The largest absolute Gasteiger partial charge is 0.424 e. The Morgan fingerprint density at radius 3 is 2.31 bits per heavy atom. The van der Waals surface area contributed by atoms with Crippen LogP contribution in [0.4, 0.5) is 0 Å². The molecular weight excluding hydrogens is 371 g/mol. The van der Waals surface area contributed by atoms with Crippen molar-refractivity contribution in [3.8, 4) is 11.8 Å². The molecule has 0 spiro atoms. The smallest absolute Gasteiger partial charge is 0.321 e. The van der Waals surface area contributed by atoms with Gasteiger partial charge in [-0.1, -0.05) is 35.3 Å². The van der Waals surface area contributed by atoms with Crippen molar-refractivity contribution in [1.82, 2.24) is 19.9 Å². The van der Waals surface area contributed by atoms with Crippen LogP contribution in [0.15, 0.2) is 36.7 Å². The molecule has 0 atom stereocenters. The molecule has 0 aliphatic heterocycles. The third-order valence-corrected chi connectivity index (χ3v) is 4.49. The van der Waals surface area contributed by atoms with Crippen molar-refractivity contribution in [2.24, 2.45) is 0 Å². The minimum atomic E-state index is 0.270. The van der Waals surface area contributed by atoms with Gasteiger partial charge in [-0.05, 0) is 50.8 Å². The van der Waals surface area contributed by atoms with Gasteiger partial charge in [0, 0.05) is 0 Å². The Bertz CT molecular complexity index is 883. The number of ether oxygens (including phenoxy) is 1. The number of halogens is 2. The Labute approximate surface area is 162 Å². The van der Waals surface area contributed by atoms with Gasteiger partial charge in [0.05, 0.1) is 33.8 Å². The Morgan fingerprint density at radius 2 is 1.62 bits per heavy atom. The number of hydrogen-bond acceptors (Lipinski definition) is 5. The van der Waals surface area contributed by atoms with Gasteiger partial charge in [-0.15, -0.1) is 0 Å². The Kier molecular flexibility index (Phi) is 6.01. The van der Waals surface area contributed by atoms with E-state index in [0.29, 0.717) is 15.8 Å². The number of benzene rings is 1. The van der Waals surface area contributed by atoms with E-state index >= 15 is 0 Å². The highest BCUT2D eigenvalue weighted by Gasteiger charge is 2.08. The van der Waals surface area contributed by atoms with Crippen LogP contribution in [0.5, 0.6) is 11.8 Å². The maximum absolute atomic E-state index is 6.29. The van der Waals surface area contributed by atoms with Crippen LogP contribution in [0.2, 0.25) is 10.0 Å². The van der Waals surface area contributed by atoms with E-state index in [1.54, 1.807) is 0 Å². The molecule has 3 aromatic rings. The van der Waals surface area contributed by atoms with Gasteiger partial charge in [-0.25, -0.2) is 19.9 Å². The number of hydrogen-bond donors (Lipinski definition) is 0. The summed E-state index contributed by atoms with van der Waals surface area (Å²) in [4.78, 5) is 16.7. The lowest BCUT2D eigenvalue weighted by Gasteiger charge is -2.08. The molecule has 134 valence electrons. The molecule has 0 saturated carbocycles. The predicted molar refractivity (Wildman–Crippen MR) is 102 cm³/mol. The highest BCUT2D eigenvalue weighted by Crippen LogP contribution is 2.21. The van der Waals surface area contributed by atoms with E-state index in [2.05, 4.69) is 19.9 Å². The summed E-state index contributed by atoms with van der Waals surface area (Å²) in [5.41, 5.74) is 2.96. The molecule has 5 nitrogen and oxygen atoms in total. The van der Waals surface area contributed by atoms with E-state index in [-0.39, 0.29) is 6.01 Å². The normalized spacial score (nSPS) is 10.8. The van der Waals surface area contributed by atoms with Gasteiger partial charge in [-0.3, -0.25) is 0 Å². The van der Waals surface area contributed by atoms with Crippen LogP contribution in [0, 0.1) is 13.8 Å². The molecule has 0 fully saturated rings. The van der Waals surface area contributed by atoms with Gasteiger partial charge in [0.15, 0.2) is 0 Å². The quantitative estimate of drug-likeness (QED) is 0.583. The fourth-order valence-corrected chi connectivity index (χ4v) is 2.85. The topological polar surface area (TPSA) is 60.8 Å². The van der Waals surface area contributed by atoms with Crippen molar-refractivity contribution in [1.29, 1.82) is 0 Å². The summed E-state index contributed by atoms with van der Waals surface area (Å²) in [6.07, 6.45) is 5.70. The standard InChI is InChI=1S/C19H18Cl2N4O/c1-12-18(21)17(25-13(2)24-12)5-3-4-14-6-8-16(9-7-14)26-19-22-10-15(20)11-23-19/h6-11H,3-5H2,1-2H3. The van der Waals surface area contributed by atoms with E-state index in [1.165, 1.54) is 18.0 Å². The fraction of sp³-hybridized carbons (Fsp3) is 0.263. The molecule has 0 bridgehead atoms. The van der Waals surface area contributed by atoms with Gasteiger partial charge < -0.3 is 4.74 Å². The second-order valence-corrected chi connectivity index (χ2v) is 6.71. The molecule has 0 saturated heterocycles. The van der Waals surface area contributed by atoms with Gasteiger partial charge in [0.1, 0.15) is 11.6 Å². The maximum Gasteiger partial charge on any atom is 0.321 e. The lowest BCUT2D eigenvalue weighted by molar-refractivity contribution is 0.441. The molecule has 2 aromatic heterocycles. The molecule has 0 aliphatic carbocycles. The van der Waals surface area contributed by atoms with Crippen molar-refractivity contribution < 1.29 is 4.74 Å². The van der Waals surface area contributed by atoms with Crippen LogP contribution in [-0.2, 0) is 12.8 Å².